The molecule has 0 aliphatic carbocycles. The quantitative estimate of drug-likeness (QED) is 0.347. The molecule has 0 aromatic carbocycles. The van der Waals surface area contributed by atoms with Crippen molar-refractivity contribution >= 4 is 48.9 Å². The van der Waals surface area contributed by atoms with Gasteiger partial charge in [-0.05, 0) is 0 Å². The number of rotatable bonds is 0. The van der Waals surface area contributed by atoms with Crippen molar-refractivity contribution in [1.82, 2.24) is 0 Å². The third-order valence-electron chi connectivity index (χ3n) is 0. The maximum absolute atomic E-state index is 8.25. The molecule has 0 aliphatic rings. The largest absolute Gasteiger partial charge is 2.00 e. The Bertz CT molecular complexity index is 40.3. The molecule has 0 aromatic heterocycles. The minimum absolute atomic E-state index is 0. The molecule has 0 radical (unpaired) electrons. The summed E-state index contributed by atoms with van der Waals surface area (Å²) in [5.74, 6) is 0. The van der Waals surface area contributed by atoms with E-state index in [2.05, 4.69) is 0 Å². The SMILES string of the molecule is O=[N+]([O-])[O-].[Ba+2].[H-].[H-].[Zr]. The third-order valence-corrected chi connectivity index (χ3v) is 0. The van der Waals surface area contributed by atoms with Crippen LogP contribution in [0.4, 0.5) is 0 Å². The van der Waals surface area contributed by atoms with Gasteiger partial charge >= 0.3 is 48.9 Å². The van der Waals surface area contributed by atoms with Crippen LogP contribution >= 0.6 is 0 Å². The fraction of sp³-hybridized carbons (Fsp3) is 0. The summed E-state index contributed by atoms with van der Waals surface area (Å²) in [4.78, 5) is 8.25. The second-order valence-electron chi connectivity index (χ2n) is 0.224. The van der Waals surface area contributed by atoms with Gasteiger partial charge in [-0.1, -0.05) is 0 Å². The molecule has 0 aliphatic heterocycles. The van der Waals surface area contributed by atoms with Gasteiger partial charge in [0.1, 0.15) is 0 Å². The zero-order valence-electron chi connectivity index (χ0n) is 4.88. The molecule has 0 unspecified atom stereocenters. The smallest absolute Gasteiger partial charge is 1.00 e. The summed E-state index contributed by atoms with van der Waals surface area (Å²) in [7, 11) is 0. The molecule has 4 nitrogen and oxygen atoms in total. The van der Waals surface area contributed by atoms with Crippen molar-refractivity contribution in [3.05, 3.63) is 15.3 Å². The number of hydrogen-bond acceptors (Lipinski definition) is 3. The first kappa shape index (κ1) is 15.6. The molecule has 32 valence electrons. The molecule has 0 saturated heterocycles. The first-order chi connectivity index (χ1) is 1.73. The molecule has 0 atom stereocenters. The van der Waals surface area contributed by atoms with Crippen molar-refractivity contribution in [2.75, 3.05) is 0 Å². The molecule has 0 N–H and O–H groups in total. The van der Waals surface area contributed by atoms with Gasteiger partial charge in [-0.25, -0.2) is 0 Å². The van der Waals surface area contributed by atoms with E-state index in [1.165, 1.54) is 0 Å². The van der Waals surface area contributed by atoms with Gasteiger partial charge < -0.3 is 18.2 Å². The van der Waals surface area contributed by atoms with Crippen LogP contribution < -0.4 is 0 Å². The Kier molecular flexibility index (Phi) is 25.6. The molecular formula is H2BaNO3Zr-. The molecule has 0 heterocycles. The Morgan fingerprint density at radius 3 is 1.50 bits per heavy atom. The zero-order chi connectivity index (χ0) is 3.58. The van der Waals surface area contributed by atoms with Gasteiger partial charge in [0.05, 0.1) is 5.09 Å². The van der Waals surface area contributed by atoms with Crippen molar-refractivity contribution in [3.63, 3.8) is 0 Å². The second kappa shape index (κ2) is 9.82. The minimum atomic E-state index is -1.75. The van der Waals surface area contributed by atoms with Crippen LogP contribution in [0.5, 0.6) is 0 Å². The summed E-state index contributed by atoms with van der Waals surface area (Å²) >= 11 is 0. The van der Waals surface area contributed by atoms with Gasteiger partial charge in [-0.15, -0.1) is 0 Å². The van der Waals surface area contributed by atoms with Crippen LogP contribution in [-0.2, 0) is 26.2 Å². The van der Waals surface area contributed by atoms with E-state index in [1.807, 2.05) is 0 Å². The fourth-order valence-electron chi connectivity index (χ4n) is 0. The van der Waals surface area contributed by atoms with Crippen molar-refractivity contribution in [2.24, 2.45) is 0 Å². The number of hydrogen-bond donors (Lipinski definition) is 0. The Morgan fingerprint density at radius 1 is 1.50 bits per heavy atom. The third kappa shape index (κ3) is 44.8. The van der Waals surface area contributed by atoms with Gasteiger partial charge in [0.15, 0.2) is 0 Å². The minimum Gasteiger partial charge on any atom is -1.00 e. The standard InChI is InChI=1S/Ba.NO3.Zr.2H/c;2-1(3)4;;;/q+2;-1;;2*-1. The maximum Gasteiger partial charge on any atom is 2.00 e. The Hall–Kier alpha value is 1.65. The normalized spacial score (nSPS) is 4.00. The molecule has 6 heavy (non-hydrogen) atoms. The molecule has 0 aromatic rings. The van der Waals surface area contributed by atoms with E-state index < -0.39 is 5.09 Å². The fourth-order valence-corrected chi connectivity index (χ4v) is 0. The van der Waals surface area contributed by atoms with Crippen LogP contribution in [0.1, 0.15) is 2.85 Å². The van der Waals surface area contributed by atoms with Crippen LogP contribution in [-0.4, -0.2) is 54.0 Å². The van der Waals surface area contributed by atoms with Crippen molar-refractivity contribution in [3.8, 4) is 0 Å². The van der Waals surface area contributed by atoms with Crippen LogP contribution in [0.15, 0.2) is 0 Å². The average molecular weight is 293 g/mol. The van der Waals surface area contributed by atoms with E-state index in [-0.39, 0.29) is 77.9 Å². The number of nitrogens with zero attached hydrogens (tertiary/aromatic N) is 1. The summed E-state index contributed by atoms with van der Waals surface area (Å²) < 4.78 is 0. The van der Waals surface area contributed by atoms with Gasteiger partial charge in [-0.2, -0.15) is 0 Å². The van der Waals surface area contributed by atoms with Crippen LogP contribution in [0.25, 0.3) is 0 Å². The first-order valence-corrected chi connectivity index (χ1v) is 0.548. The van der Waals surface area contributed by atoms with E-state index in [9.17, 15) is 0 Å². The van der Waals surface area contributed by atoms with E-state index in [0.29, 0.717) is 0 Å². The average Bonchev–Trinajstić information content (AvgIpc) is 0.811. The predicted octanol–water partition coefficient (Wildman–Crippen LogP) is -0.397. The molecule has 6 heteroatoms. The summed E-state index contributed by atoms with van der Waals surface area (Å²) in [6, 6.07) is 0. The predicted molar refractivity (Wildman–Crippen MR) is 18.3 cm³/mol. The molecule has 0 bridgehead atoms. The van der Waals surface area contributed by atoms with Crippen molar-refractivity contribution in [1.29, 1.82) is 0 Å². The Morgan fingerprint density at radius 2 is 1.50 bits per heavy atom. The summed E-state index contributed by atoms with van der Waals surface area (Å²) in [6.07, 6.45) is 0. The zero-order valence-corrected chi connectivity index (χ0v) is 9.78. The van der Waals surface area contributed by atoms with Crippen LogP contribution in [0.2, 0.25) is 0 Å². The van der Waals surface area contributed by atoms with Gasteiger partial charge in [-0.3, -0.25) is 0 Å². The van der Waals surface area contributed by atoms with Gasteiger partial charge in [0.2, 0.25) is 0 Å². The Labute approximate surface area is 96.6 Å². The van der Waals surface area contributed by atoms with E-state index in [1.54, 1.807) is 0 Å². The first-order valence-electron chi connectivity index (χ1n) is 0.548. The van der Waals surface area contributed by atoms with E-state index in [4.69, 9.17) is 15.3 Å². The summed E-state index contributed by atoms with van der Waals surface area (Å²) in [6.45, 7) is 0. The molecule has 0 amide bonds. The van der Waals surface area contributed by atoms with Crippen LogP contribution in [0.3, 0.4) is 0 Å². The monoisotopic (exact) mass is 292 g/mol. The summed E-state index contributed by atoms with van der Waals surface area (Å²) in [5, 5.41) is 14.8. The van der Waals surface area contributed by atoms with E-state index >= 15 is 0 Å². The molecule has 0 spiro atoms. The molecule has 0 fully saturated rings. The van der Waals surface area contributed by atoms with E-state index in [0.717, 1.165) is 0 Å². The van der Waals surface area contributed by atoms with Gasteiger partial charge in [0.25, 0.3) is 0 Å². The maximum atomic E-state index is 8.25. The Balaban J connectivity index is -0.00000000750. The topological polar surface area (TPSA) is 66.2 Å². The van der Waals surface area contributed by atoms with Crippen molar-refractivity contribution < 1.29 is 34.1 Å². The second-order valence-corrected chi connectivity index (χ2v) is 0.224. The molecule has 0 saturated carbocycles. The molecular weight excluding hydrogens is 291 g/mol. The van der Waals surface area contributed by atoms with Gasteiger partial charge in [0, 0.05) is 26.2 Å². The molecule has 0 rings (SSSR count). The van der Waals surface area contributed by atoms with Crippen LogP contribution in [0, 0.1) is 15.3 Å². The van der Waals surface area contributed by atoms with Crippen molar-refractivity contribution in [2.45, 2.75) is 0 Å². The summed E-state index contributed by atoms with van der Waals surface area (Å²) in [5.41, 5.74) is 0.